The molecule has 1 heterocycles. The van der Waals surface area contributed by atoms with Crippen LogP contribution in [0, 0.1) is 0 Å². The lowest BCUT2D eigenvalue weighted by molar-refractivity contribution is 0.0594. The Labute approximate surface area is 106 Å². The van der Waals surface area contributed by atoms with E-state index in [0.717, 1.165) is 5.69 Å². The fraction of sp³-hybridized carbons (Fsp3) is 0.462. The van der Waals surface area contributed by atoms with Gasteiger partial charge in [-0.15, -0.1) is 0 Å². The minimum atomic E-state index is -0.402. The number of esters is 1. The molecular weight excluding hydrogens is 234 g/mol. The molecule has 1 aliphatic heterocycles. The number of hydrogen-bond donors (Lipinski definition) is 1. The van der Waals surface area contributed by atoms with Gasteiger partial charge in [0.25, 0.3) is 0 Å². The Hall–Kier alpha value is -1.75. The average molecular weight is 251 g/mol. The Bertz CT molecular complexity index is 447. The van der Waals surface area contributed by atoms with E-state index >= 15 is 0 Å². The summed E-state index contributed by atoms with van der Waals surface area (Å²) >= 11 is 0. The van der Waals surface area contributed by atoms with Crippen LogP contribution >= 0.6 is 0 Å². The summed E-state index contributed by atoms with van der Waals surface area (Å²) in [4.78, 5) is 13.7. The molecule has 5 nitrogen and oxygen atoms in total. The number of fused-ring (bicyclic) bond motifs is 1. The third-order valence-corrected chi connectivity index (χ3v) is 3.21. The number of hydrogen-bond acceptors (Lipinski definition) is 5. The minimum absolute atomic E-state index is 0.115. The van der Waals surface area contributed by atoms with Gasteiger partial charge < -0.3 is 19.5 Å². The Morgan fingerprint density at radius 1 is 1.61 bits per heavy atom. The van der Waals surface area contributed by atoms with E-state index < -0.39 is 5.97 Å². The van der Waals surface area contributed by atoms with Crippen LogP contribution in [-0.4, -0.2) is 44.5 Å². The molecule has 0 amide bonds. The average Bonchev–Trinajstić information content (AvgIpc) is 2.41. The van der Waals surface area contributed by atoms with Gasteiger partial charge >= 0.3 is 5.97 Å². The van der Waals surface area contributed by atoms with Crippen LogP contribution in [0.1, 0.15) is 16.8 Å². The third kappa shape index (κ3) is 2.13. The maximum atomic E-state index is 11.6. The number of carbonyl (C=O) groups excluding carboxylic acids is 1. The van der Waals surface area contributed by atoms with E-state index in [-0.39, 0.29) is 12.6 Å². The second-order valence-electron chi connectivity index (χ2n) is 4.23. The second kappa shape index (κ2) is 5.27. The van der Waals surface area contributed by atoms with Gasteiger partial charge in [-0.25, -0.2) is 4.79 Å². The van der Waals surface area contributed by atoms with Gasteiger partial charge in [-0.1, -0.05) is 6.07 Å². The molecule has 0 aromatic heterocycles. The standard InChI is InChI=1S/C13H17NO4/c1-14-9(6-7-15)8-18-12-10(13(16)17-2)4-3-5-11(12)14/h3-5,9,15H,6-8H2,1-2H3. The number of aliphatic hydroxyl groups excluding tert-OH is 1. The van der Waals surface area contributed by atoms with Crippen molar-refractivity contribution in [1.82, 2.24) is 0 Å². The lowest BCUT2D eigenvalue weighted by atomic mass is 10.1. The molecule has 1 N–H and O–H groups in total. The first-order valence-electron chi connectivity index (χ1n) is 5.87. The second-order valence-corrected chi connectivity index (χ2v) is 4.23. The predicted molar refractivity (Wildman–Crippen MR) is 67.2 cm³/mol. The van der Waals surface area contributed by atoms with E-state index in [4.69, 9.17) is 14.6 Å². The first-order chi connectivity index (χ1) is 8.69. The highest BCUT2D eigenvalue weighted by Crippen LogP contribution is 2.36. The van der Waals surface area contributed by atoms with Crippen molar-refractivity contribution in [2.45, 2.75) is 12.5 Å². The van der Waals surface area contributed by atoms with Gasteiger partial charge in [0, 0.05) is 13.7 Å². The summed E-state index contributed by atoms with van der Waals surface area (Å²) in [7, 11) is 3.28. The van der Waals surface area contributed by atoms with Crippen molar-refractivity contribution in [3.8, 4) is 5.75 Å². The summed E-state index contributed by atoms with van der Waals surface area (Å²) in [6.07, 6.45) is 0.637. The maximum Gasteiger partial charge on any atom is 0.341 e. The number of nitrogens with zero attached hydrogens (tertiary/aromatic N) is 1. The van der Waals surface area contributed by atoms with E-state index in [2.05, 4.69) is 0 Å². The molecule has 0 fully saturated rings. The Morgan fingerprint density at radius 3 is 3.06 bits per heavy atom. The molecule has 0 bridgehead atoms. The van der Waals surface area contributed by atoms with Crippen molar-refractivity contribution in [3.05, 3.63) is 23.8 Å². The van der Waals surface area contributed by atoms with E-state index in [1.54, 1.807) is 12.1 Å². The monoisotopic (exact) mass is 251 g/mol. The lowest BCUT2D eigenvalue weighted by Crippen LogP contribution is -2.41. The Kier molecular flexibility index (Phi) is 3.72. The van der Waals surface area contributed by atoms with Crippen molar-refractivity contribution < 1.29 is 19.4 Å². The van der Waals surface area contributed by atoms with Crippen LogP contribution in [0.3, 0.4) is 0 Å². The highest BCUT2D eigenvalue weighted by atomic mass is 16.5. The zero-order valence-corrected chi connectivity index (χ0v) is 10.5. The smallest absolute Gasteiger partial charge is 0.341 e. The molecule has 5 heteroatoms. The molecule has 0 saturated carbocycles. The number of ether oxygens (including phenoxy) is 2. The topological polar surface area (TPSA) is 59.0 Å². The molecule has 0 aliphatic carbocycles. The molecule has 98 valence electrons. The molecule has 2 rings (SSSR count). The summed E-state index contributed by atoms with van der Waals surface area (Å²) in [5.41, 5.74) is 1.28. The van der Waals surface area contributed by atoms with Crippen LogP contribution in [0.25, 0.3) is 0 Å². The molecule has 0 radical (unpaired) electrons. The van der Waals surface area contributed by atoms with Gasteiger partial charge in [0.15, 0.2) is 5.75 Å². The van der Waals surface area contributed by atoms with Crippen molar-refractivity contribution in [2.75, 3.05) is 32.3 Å². The number of carbonyl (C=O) groups is 1. The van der Waals surface area contributed by atoms with Gasteiger partial charge in [0.2, 0.25) is 0 Å². The highest BCUT2D eigenvalue weighted by Gasteiger charge is 2.28. The number of rotatable bonds is 3. The normalized spacial score (nSPS) is 17.9. The van der Waals surface area contributed by atoms with E-state index in [9.17, 15) is 4.79 Å². The van der Waals surface area contributed by atoms with Gasteiger partial charge in [-0.2, -0.15) is 0 Å². The highest BCUT2D eigenvalue weighted by molar-refractivity contribution is 5.95. The fourth-order valence-electron chi connectivity index (χ4n) is 2.14. The molecule has 0 spiro atoms. The molecule has 1 aromatic carbocycles. The van der Waals surface area contributed by atoms with Crippen molar-refractivity contribution >= 4 is 11.7 Å². The van der Waals surface area contributed by atoms with Crippen LogP contribution in [-0.2, 0) is 4.74 Å². The molecule has 1 unspecified atom stereocenters. The van der Waals surface area contributed by atoms with E-state index in [1.807, 2.05) is 18.0 Å². The number of methoxy groups -OCH3 is 1. The Morgan fingerprint density at radius 2 is 2.39 bits per heavy atom. The molecule has 1 aliphatic rings. The predicted octanol–water partition coefficient (Wildman–Crippen LogP) is 1.05. The number of aliphatic hydroxyl groups is 1. The van der Waals surface area contributed by atoms with E-state index in [1.165, 1.54) is 7.11 Å². The van der Waals surface area contributed by atoms with Crippen molar-refractivity contribution in [3.63, 3.8) is 0 Å². The number of anilines is 1. The SMILES string of the molecule is COC(=O)c1cccc2c1OCC(CCO)N2C. The lowest BCUT2D eigenvalue weighted by Gasteiger charge is -2.36. The van der Waals surface area contributed by atoms with Gasteiger partial charge in [0.05, 0.1) is 18.8 Å². The summed E-state index contributed by atoms with van der Waals surface area (Å²) < 4.78 is 10.4. The number of benzene rings is 1. The molecule has 0 saturated heterocycles. The molecule has 1 aromatic rings. The van der Waals surface area contributed by atoms with Gasteiger partial charge in [0.1, 0.15) is 12.2 Å². The zero-order chi connectivity index (χ0) is 13.1. The molecule has 1 atom stereocenters. The summed E-state index contributed by atoms with van der Waals surface area (Å²) in [6, 6.07) is 5.50. The maximum absolute atomic E-state index is 11.6. The minimum Gasteiger partial charge on any atom is -0.488 e. The third-order valence-electron chi connectivity index (χ3n) is 3.21. The van der Waals surface area contributed by atoms with Gasteiger partial charge in [-0.3, -0.25) is 0 Å². The fourth-order valence-corrected chi connectivity index (χ4v) is 2.14. The van der Waals surface area contributed by atoms with Crippen LogP contribution in [0.4, 0.5) is 5.69 Å². The van der Waals surface area contributed by atoms with Gasteiger partial charge in [-0.05, 0) is 18.6 Å². The van der Waals surface area contributed by atoms with Crippen LogP contribution < -0.4 is 9.64 Å². The molecule has 18 heavy (non-hydrogen) atoms. The summed E-state index contributed by atoms with van der Waals surface area (Å²) in [5.74, 6) is 0.155. The summed E-state index contributed by atoms with van der Waals surface area (Å²) in [5, 5.41) is 9.01. The zero-order valence-electron chi connectivity index (χ0n) is 10.5. The van der Waals surface area contributed by atoms with Crippen molar-refractivity contribution in [1.29, 1.82) is 0 Å². The summed E-state index contributed by atoms with van der Waals surface area (Å²) in [6.45, 7) is 0.572. The molecular formula is C13H17NO4. The number of likely N-dealkylation sites (N-methyl/N-ethyl adjacent to an activating group) is 1. The van der Waals surface area contributed by atoms with Crippen LogP contribution in [0.15, 0.2) is 18.2 Å². The van der Waals surface area contributed by atoms with E-state index in [0.29, 0.717) is 24.3 Å². The first kappa shape index (κ1) is 12.7. The first-order valence-corrected chi connectivity index (χ1v) is 5.87. The Balaban J connectivity index is 2.36. The quantitative estimate of drug-likeness (QED) is 0.814. The van der Waals surface area contributed by atoms with Crippen LogP contribution in [0.5, 0.6) is 5.75 Å². The largest absolute Gasteiger partial charge is 0.488 e. The van der Waals surface area contributed by atoms with Crippen molar-refractivity contribution in [2.24, 2.45) is 0 Å². The van der Waals surface area contributed by atoms with Crippen LogP contribution in [0.2, 0.25) is 0 Å². The number of para-hydroxylation sites is 1.